The Labute approximate surface area is 111 Å². The van der Waals surface area contributed by atoms with Gasteiger partial charge < -0.3 is 4.90 Å². The molecule has 1 saturated heterocycles. The molecule has 1 amide bonds. The maximum Gasteiger partial charge on any atom is 0.241 e. The van der Waals surface area contributed by atoms with Gasteiger partial charge in [-0.3, -0.25) is 10.1 Å². The normalized spacial score (nSPS) is 34.4. The van der Waals surface area contributed by atoms with Gasteiger partial charge in [-0.2, -0.15) is 0 Å². The number of nitrogens with one attached hydrogen (secondary N) is 1. The van der Waals surface area contributed by atoms with E-state index in [2.05, 4.69) is 44.8 Å². The lowest BCUT2D eigenvalue weighted by Crippen LogP contribution is -2.38. The second kappa shape index (κ2) is 4.84. The first-order chi connectivity index (χ1) is 8.35. The summed E-state index contributed by atoms with van der Waals surface area (Å²) in [6.45, 7) is 12.1. The molecule has 1 aliphatic carbocycles. The third-order valence-corrected chi connectivity index (χ3v) is 4.58. The zero-order chi connectivity index (χ0) is 13.5. The van der Waals surface area contributed by atoms with Crippen LogP contribution in [0.25, 0.3) is 0 Å². The molecule has 2 rings (SSSR count). The Balaban J connectivity index is 1.97. The quantitative estimate of drug-likeness (QED) is 0.816. The van der Waals surface area contributed by atoms with Gasteiger partial charge in [0.25, 0.3) is 0 Å². The Kier molecular flexibility index (Phi) is 3.72. The molecule has 1 aliphatic heterocycles. The Hall–Kier alpha value is -0.570. The molecule has 0 aromatic rings. The fraction of sp³-hybridized carbons (Fsp3) is 0.933. The number of carbonyl (C=O) groups excluding carboxylic acids is 1. The molecule has 0 aromatic carbocycles. The van der Waals surface area contributed by atoms with E-state index >= 15 is 0 Å². The molecule has 0 bridgehead atoms. The molecule has 3 unspecified atom stereocenters. The van der Waals surface area contributed by atoms with E-state index in [9.17, 15) is 4.79 Å². The summed E-state index contributed by atoms with van der Waals surface area (Å²) in [6, 6.07) is 0.0526. The summed E-state index contributed by atoms with van der Waals surface area (Å²) in [5.74, 6) is 1.61. The van der Waals surface area contributed by atoms with Gasteiger partial charge in [0, 0.05) is 6.54 Å². The lowest BCUT2D eigenvalue weighted by molar-refractivity contribution is -0.130. The maximum absolute atomic E-state index is 12.4. The van der Waals surface area contributed by atoms with Crippen LogP contribution in [-0.4, -0.2) is 29.6 Å². The molecule has 2 fully saturated rings. The van der Waals surface area contributed by atoms with Crippen LogP contribution in [0.15, 0.2) is 0 Å². The molecule has 3 heteroatoms. The third-order valence-electron chi connectivity index (χ3n) is 4.58. The van der Waals surface area contributed by atoms with E-state index in [1.54, 1.807) is 0 Å². The SMILES string of the molecule is CCC1NC(CC(C)C)C(=O)N1CC1CC1(C)C. The minimum Gasteiger partial charge on any atom is -0.326 e. The van der Waals surface area contributed by atoms with Crippen molar-refractivity contribution in [2.45, 2.75) is 66.1 Å². The van der Waals surface area contributed by atoms with E-state index in [1.165, 1.54) is 6.42 Å². The van der Waals surface area contributed by atoms with Crippen LogP contribution < -0.4 is 5.32 Å². The summed E-state index contributed by atoms with van der Waals surface area (Å²) in [5.41, 5.74) is 0.453. The van der Waals surface area contributed by atoms with Crippen LogP contribution in [0.5, 0.6) is 0 Å². The molecule has 0 spiro atoms. The van der Waals surface area contributed by atoms with E-state index in [0.29, 0.717) is 23.2 Å². The molecule has 3 atom stereocenters. The number of amides is 1. The molecule has 18 heavy (non-hydrogen) atoms. The molecule has 1 heterocycles. The van der Waals surface area contributed by atoms with E-state index in [-0.39, 0.29) is 12.2 Å². The number of hydrogen-bond donors (Lipinski definition) is 1. The van der Waals surface area contributed by atoms with E-state index in [1.807, 2.05) is 0 Å². The van der Waals surface area contributed by atoms with Crippen LogP contribution in [-0.2, 0) is 4.79 Å². The van der Waals surface area contributed by atoms with Gasteiger partial charge in [-0.05, 0) is 36.5 Å². The van der Waals surface area contributed by atoms with Crippen LogP contribution in [0.3, 0.4) is 0 Å². The van der Waals surface area contributed by atoms with Gasteiger partial charge in [0.15, 0.2) is 0 Å². The largest absolute Gasteiger partial charge is 0.326 e. The molecule has 0 aromatic heterocycles. The number of rotatable bonds is 5. The minimum absolute atomic E-state index is 0.0526. The average Bonchev–Trinajstić information content (AvgIpc) is 2.76. The van der Waals surface area contributed by atoms with Crippen molar-refractivity contribution in [3.05, 3.63) is 0 Å². The third kappa shape index (κ3) is 2.71. The van der Waals surface area contributed by atoms with Gasteiger partial charge in [-0.25, -0.2) is 0 Å². The van der Waals surface area contributed by atoms with E-state index in [0.717, 1.165) is 19.4 Å². The summed E-state index contributed by atoms with van der Waals surface area (Å²) >= 11 is 0. The van der Waals surface area contributed by atoms with Crippen molar-refractivity contribution in [2.75, 3.05) is 6.54 Å². The summed E-state index contributed by atoms with van der Waals surface area (Å²) in [5, 5.41) is 3.51. The highest BCUT2D eigenvalue weighted by atomic mass is 16.2. The fourth-order valence-corrected chi connectivity index (χ4v) is 3.07. The molecule has 104 valence electrons. The van der Waals surface area contributed by atoms with Gasteiger partial charge in [0.2, 0.25) is 5.91 Å². The van der Waals surface area contributed by atoms with Crippen molar-refractivity contribution >= 4 is 5.91 Å². The molecule has 1 saturated carbocycles. The number of nitrogens with zero attached hydrogens (tertiary/aromatic N) is 1. The fourth-order valence-electron chi connectivity index (χ4n) is 3.07. The molecular formula is C15H28N2O. The van der Waals surface area contributed by atoms with Crippen molar-refractivity contribution in [2.24, 2.45) is 17.3 Å². The van der Waals surface area contributed by atoms with Gasteiger partial charge >= 0.3 is 0 Å². The number of carbonyl (C=O) groups is 1. The predicted octanol–water partition coefficient (Wildman–Crippen LogP) is 2.62. The second-order valence-electron chi connectivity index (χ2n) is 7.15. The molecular weight excluding hydrogens is 224 g/mol. The smallest absolute Gasteiger partial charge is 0.241 e. The van der Waals surface area contributed by atoms with Gasteiger partial charge in [-0.1, -0.05) is 34.6 Å². The molecule has 1 N–H and O–H groups in total. The molecule has 0 radical (unpaired) electrons. The van der Waals surface area contributed by atoms with Crippen molar-refractivity contribution < 1.29 is 4.79 Å². The van der Waals surface area contributed by atoms with E-state index in [4.69, 9.17) is 0 Å². The van der Waals surface area contributed by atoms with E-state index < -0.39 is 0 Å². The topological polar surface area (TPSA) is 32.3 Å². The van der Waals surface area contributed by atoms with Gasteiger partial charge in [0.05, 0.1) is 12.2 Å². The Morgan fingerprint density at radius 2 is 2.06 bits per heavy atom. The van der Waals surface area contributed by atoms with Crippen molar-refractivity contribution in [3.8, 4) is 0 Å². The highest BCUT2D eigenvalue weighted by molar-refractivity contribution is 5.84. The highest BCUT2D eigenvalue weighted by Gasteiger charge is 2.49. The Bertz CT molecular complexity index is 324. The first-order valence-corrected chi connectivity index (χ1v) is 7.41. The Morgan fingerprint density at radius 1 is 1.44 bits per heavy atom. The Morgan fingerprint density at radius 3 is 2.50 bits per heavy atom. The van der Waals surface area contributed by atoms with Crippen molar-refractivity contribution in [1.29, 1.82) is 0 Å². The lowest BCUT2D eigenvalue weighted by Gasteiger charge is -2.23. The minimum atomic E-state index is 0.0526. The van der Waals surface area contributed by atoms with Crippen LogP contribution in [0.2, 0.25) is 0 Å². The predicted molar refractivity (Wildman–Crippen MR) is 74.1 cm³/mol. The van der Waals surface area contributed by atoms with Gasteiger partial charge in [-0.15, -0.1) is 0 Å². The molecule has 2 aliphatic rings. The number of hydrogen-bond acceptors (Lipinski definition) is 2. The lowest BCUT2D eigenvalue weighted by atomic mass is 10.0. The summed E-state index contributed by atoms with van der Waals surface area (Å²) < 4.78 is 0. The summed E-state index contributed by atoms with van der Waals surface area (Å²) in [6.07, 6.45) is 3.49. The van der Waals surface area contributed by atoms with Crippen LogP contribution >= 0.6 is 0 Å². The standard InChI is InChI=1S/C15H28N2O/c1-6-13-16-12(7-10(2)3)14(18)17(13)9-11-8-15(11,4)5/h10-13,16H,6-9H2,1-5H3. The van der Waals surface area contributed by atoms with Crippen LogP contribution in [0.4, 0.5) is 0 Å². The summed E-state index contributed by atoms with van der Waals surface area (Å²) in [4.78, 5) is 14.6. The second-order valence-corrected chi connectivity index (χ2v) is 7.15. The maximum atomic E-state index is 12.4. The zero-order valence-electron chi connectivity index (χ0n) is 12.5. The molecule has 3 nitrogen and oxygen atoms in total. The van der Waals surface area contributed by atoms with Crippen LogP contribution in [0.1, 0.15) is 53.9 Å². The van der Waals surface area contributed by atoms with Gasteiger partial charge in [0.1, 0.15) is 0 Å². The highest BCUT2D eigenvalue weighted by Crippen LogP contribution is 2.52. The summed E-state index contributed by atoms with van der Waals surface area (Å²) in [7, 11) is 0. The zero-order valence-corrected chi connectivity index (χ0v) is 12.5. The monoisotopic (exact) mass is 252 g/mol. The van der Waals surface area contributed by atoms with Crippen molar-refractivity contribution in [3.63, 3.8) is 0 Å². The first-order valence-electron chi connectivity index (χ1n) is 7.41. The first kappa shape index (κ1) is 13.9. The average molecular weight is 252 g/mol. The van der Waals surface area contributed by atoms with Crippen molar-refractivity contribution in [1.82, 2.24) is 10.2 Å². The van der Waals surface area contributed by atoms with Crippen LogP contribution in [0, 0.1) is 17.3 Å².